The summed E-state index contributed by atoms with van der Waals surface area (Å²) in [5, 5.41) is 11.8. The second kappa shape index (κ2) is 7.68. The monoisotopic (exact) mass is 443 g/mol. The minimum Gasteiger partial charge on any atom is -0.424 e. The van der Waals surface area contributed by atoms with Crippen molar-refractivity contribution in [3.05, 3.63) is 60.2 Å². The fraction of sp³-hybridized carbons (Fsp3) is 0.375. The fourth-order valence-electron chi connectivity index (χ4n) is 5.20. The molecule has 3 fully saturated rings. The van der Waals surface area contributed by atoms with Crippen LogP contribution in [-0.2, 0) is 0 Å². The molecule has 5 heterocycles. The summed E-state index contributed by atoms with van der Waals surface area (Å²) in [6.45, 7) is 4.69. The number of amides is 1. The average Bonchev–Trinajstić information content (AvgIpc) is 3.46. The molecule has 9 nitrogen and oxygen atoms in total. The highest BCUT2D eigenvalue weighted by Crippen LogP contribution is 2.47. The van der Waals surface area contributed by atoms with Crippen LogP contribution in [0.4, 0.5) is 6.01 Å². The highest BCUT2D eigenvalue weighted by Gasteiger charge is 2.51. The molecule has 0 spiro atoms. The largest absolute Gasteiger partial charge is 0.424 e. The van der Waals surface area contributed by atoms with E-state index >= 15 is 0 Å². The number of pyridine rings is 1. The Morgan fingerprint density at radius 2 is 1.91 bits per heavy atom. The van der Waals surface area contributed by atoms with Crippen LogP contribution in [0.5, 0.6) is 0 Å². The maximum absolute atomic E-state index is 13.9. The van der Waals surface area contributed by atoms with Crippen molar-refractivity contribution in [3.63, 3.8) is 0 Å². The van der Waals surface area contributed by atoms with Gasteiger partial charge in [-0.15, -0.1) is 4.80 Å². The van der Waals surface area contributed by atoms with Crippen molar-refractivity contribution in [1.29, 1.82) is 0 Å². The lowest BCUT2D eigenvalue weighted by atomic mass is 9.64. The van der Waals surface area contributed by atoms with Gasteiger partial charge < -0.3 is 14.6 Å². The number of para-hydroxylation sites is 2. The van der Waals surface area contributed by atoms with E-state index in [4.69, 9.17) is 4.42 Å². The summed E-state index contributed by atoms with van der Waals surface area (Å²) in [6, 6.07) is 12.1. The van der Waals surface area contributed by atoms with E-state index in [1.807, 2.05) is 48.2 Å². The van der Waals surface area contributed by atoms with E-state index in [2.05, 4.69) is 32.4 Å². The van der Waals surface area contributed by atoms with Crippen molar-refractivity contribution in [1.82, 2.24) is 29.9 Å². The van der Waals surface area contributed by atoms with Gasteiger partial charge in [-0.3, -0.25) is 4.79 Å². The van der Waals surface area contributed by atoms with Crippen LogP contribution >= 0.6 is 0 Å². The van der Waals surface area contributed by atoms with Gasteiger partial charge in [0.2, 0.25) is 0 Å². The van der Waals surface area contributed by atoms with Gasteiger partial charge in [-0.25, -0.2) is 4.98 Å². The molecule has 168 valence electrons. The van der Waals surface area contributed by atoms with E-state index in [0.717, 1.165) is 29.6 Å². The Kier molecular flexibility index (Phi) is 4.63. The van der Waals surface area contributed by atoms with Gasteiger partial charge in [-0.05, 0) is 55.9 Å². The van der Waals surface area contributed by atoms with Crippen LogP contribution in [0, 0.1) is 18.8 Å². The number of piperidine rings is 2. The number of hydrogen-bond donors (Lipinski definition) is 1. The first-order valence-electron chi connectivity index (χ1n) is 11.3. The van der Waals surface area contributed by atoms with Crippen molar-refractivity contribution < 1.29 is 9.21 Å². The number of nitrogens with zero attached hydrogens (tertiary/aromatic N) is 6. The molecule has 7 rings (SSSR count). The molecule has 1 amide bonds. The van der Waals surface area contributed by atoms with Gasteiger partial charge in [0.25, 0.3) is 11.9 Å². The Hall–Kier alpha value is -3.75. The SMILES string of the molecule is Cc1ccc(-n2nccn2)c(C(=O)N2C3CC(C3)[C@H](C)[C@@H]2CNc2nc3ccccc3o2)n1. The van der Waals surface area contributed by atoms with Crippen LogP contribution in [0.15, 0.2) is 53.2 Å². The summed E-state index contributed by atoms with van der Waals surface area (Å²) in [7, 11) is 0. The van der Waals surface area contributed by atoms with Crippen LogP contribution in [-0.4, -0.2) is 54.4 Å². The molecule has 4 aromatic rings. The molecule has 2 bridgehead atoms. The lowest BCUT2D eigenvalue weighted by Gasteiger charge is -2.57. The molecule has 1 saturated carbocycles. The third kappa shape index (κ3) is 3.35. The van der Waals surface area contributed by atoms with E-state index in [-0.39, 0.29) is 18.0 Å². The predicted octanol–water partition coefficient (Wildman–Crippen LogP) is 3.46. The molecule has 2 aliphatic heterocycles. The van der Waals surface area contributed by atoms with Gasteiger partial charge >= 0.3 is 0 Å². The molecule has 1 N–H and O–H groups in total. The topological polar surface area (TPSA) is 102 Å². The van der Waals surface area contributed by atoms with Crippen LogP contribution in [0.3, 0.4) is 0 Å². The van der Waals surface area contributed by atoms with E-state index in [0.29, 0.717) is 35.8 Å². The van der Waals surface area contributed by atoms with Crippen LogP contribution in [0.1, 0.15) is 35.9 Å². The van der Waals surface area contributed by atoms with Gasteiger partial charge in [0.1, 0.15) is 11.2 Å². The molecule has 3 aliphatic rings. The zero-order valence-electron chi connectivity index (χ0n) is 18.5. The summed E-state index contributed by atoms with van der Waals surface area (Å²) >= 11 is 0. The first-order valence-corrected chi connectivity index (χ1v) is 11.3. The van der Waals surface area contributed by atoms with E-state index in [1.54, 1.807) is 12.4 Å². The Labute approximate surface area is 190 Å². The number of aryl methyl sites for hydroxylation is 1. The number of carbonyl (C=O) groups excluding carboxylic acids is 1. The Morgan fingerprint density at radius 3 is 2.70 bits per heavy atom. The number of nitrogens with one attached hydrogen (secondary N) is 1. The van der Waals surface area contributed by atoms with Crippen LogP contribution < -0.4 is 5.32 Å². The number of benzene rings is 1. The number of rotatable bonds is 5. The highest BCUT2D eigenvalue weighted by molar-refractivity contribution is 5.96. The van der Waals surface area contributed by atoms with E-state index < -0.39 is 0 Å². The molecule has 2 atom stereocenters. The molecule has 9 heteroatoms. The normalized spacial score (nSPS) is 24.0. The third-order valence-electron chi connectivity index (χ3n) is 7.09. The second-order valence-electron chi connectivity index (χ2n) is 9.03. The average molecular weight is 444 g/mol. The van der Waals surface area contributed by atoms with E-state index in [9.17, 15) is 4.79 Å². The minimum atomic E-state index is -0.0784. The summed E-state index contributed by atoms with van der Waals surface area (Å²) in [4.78, 5) is 26.6. The lowest BCUT2D eigenvalue weighted by molar-refractivity contribution is -0.0506. The third-order valence-corrected chi connectivity index (χ3v) is 7.09. The number of anilines is 1. The molecular weight excluding hydrogens is 418 g/mol. The molecule has 33 heavy (non-hydrogen) atoms. The van der Waals surface area contributed by atoms with Crippen LogP contribution in [0.25, 0.3) is 16.8 Å². The number of aromatic nitrogens is 5. The standard InChI is InChI=1S/C24H25N7O2/c1-14-7-8-19(31-26-9-10-27-31)22(28-14)23(32)30-17-11-16(12-17)15(2)20(30)13-25-24-29-18-5-3-4-6-21(18)33-24/h3-10,15-17,20H,11-13H2,1-2H3,(H,25,29)/t15-,16?,17?,20-/m0/s1. The summed E-state index contributed by atoms with van der Waals surface area (Å²) < 4.78 is 5.84. The predicted molar refractivity (Wildman–Crippen MR) is 122 cm³/mol. The van der Waals surface area contributed by atoms with Gasteiger partial charge in [0, 0.05) is 18.3 Å². The van der Waals surface area contributed by atoms with Crippen molar-refractivity contribution in [2.24, 2.45) is 11.8 Å². The van der Waals surface area contributed by atoms with Crippen molar-refractivity contribution >= 4 is 23.0 Å². The molecule has 3 aromatic heterocycles. The second-order valence-corrected chi connectivity index (χ2v) is 9.03. The maximum Gasteiger partial charge on any atom is 0.295 e. The smallest absolute Gasteiger partial charge is 0.295 e. The maximum atomic E-state index is 13.9. The Morgan fingerprint density at radius 1 is 1.12 bits per heavy atom. The lowest BCUT2D eigenvalue weighted by Crippen LogP contribution is -2.64. The fourth-order valence-corrected chi connectivity index (χ4v) is 5.20. The van der Waals surface area contributed by atoms with Gasteiger partial charge in [-0.1, -0.05) is 19.1 Å². The van der Waals surface area contributed by atoms with Crippen LogP contribution in [0.2, 0.25) is 0 Å². The first-order chi connectivity index (χ1) is 16.1. The first kappa shape index (κ1) is 19.9. The van der Waals surface area contributed by atoms with Crippen molar-refractivity contribution in [2.45, 2.75) is 38.8 Å². The zero-order chi connectivity index (χ0) is 22.5. The minimum absolute atomic E-state index is 0.00533. The van der Waals surface area contributed by atoms with Gasteiger partial charge in [0.05, 0.1) is 18.4 Å². The zero-order valence-corrected chi connectivity index (χ0v) is 18.5. The molecule has 1 aliphatic carbocycles. The number of hydrogen-bond acceptors (Lipinski definition) is 7. The number of oxazole rings is 1. The number of fused-ring (bicyclic) bond motifs is 3. The summed E-state index contributed by atoms with van der Waals surface area (Å²) in [5.74, 6) is 0.907. The molecule has 0 unspecified atom stereocenters. The Bertz CT molecular complexity index is 1280. The quantitative estimate of drug-likeness (QED) is 0.504. The molecule has 0 radical (unpaired) electrons. The Balaban J connectivity index is 1.31. The molecule has 1 aromatic carbocycles. The molecular formula is C24H25N7O2. The summed E-state index contributed by atoms with van der Waals surface area (Å²) in [6.07, 6.45) is 5.27. The van der Waals surface area contributed by atoms with Gasteiger partial charge in [0.15, 0.2) is 11.3 Å². The highest BCUT2D eigenvalue weighted by atomic mass is 16.4. The van der Waals surface area contributed by atoms with Crippen molar-refractivity contribution in [2.75, 3.05) is 11.9 Å². The van der Waals surface area contributed by atoms with Crippen molar-refractivity contribution in [3.8, 4) is 5.69 Å². The summed E-state index contributed by atoms with van der Waals surface area (Å²) in [5.41, 5.74) is 3.32. The van der Waals surface area contributed by atoms with E-state index in [1.165, 1.54) is 4.80 Å². The molecule has 2 saturated heterocycles. The van der Waals surface area contributed by atoms with Gasteiger partial charge in [-0.2, -0.15) is 15.2 Å². The number of carbonyl (C=O) groups is 1.